The number of thioether (sulfide) groups is 1. The number of nitrogens with zero attached hydrogens (tertiary/aromatic N) is 2. The number of aromatic nitrogens is 1. The maximum atomic E-state index is 13.1. The first-order valence-electron chi connectivity index (χ1n) is 5.21. The van der Waals surface area contributed by atoms with E-state index in [9.17, 15) is 4.39 Å². The minimum Gasteiger partial charge on any atom is -0.397 e. The van der Waals surface area contributed by atoms with Crippen LogP contribution in [0.25, 0.3) is 0 Å². The van der Waals surface area contributed by atoms with E-state index in [1.807, 2.05) is 0 Å². The molecule has 90 valence electrons. The second-order valence-corrected chi connectivity index (χ2v) is 4.63. The summed E-state index contributed by atoms with van der Waals surface area (Å²) in [6.45, 7) is 0. The Kier molecular flexibility index (Phi) is 3.80. The van der Waals surface area contributed by atoms with E-state index in [-0.39, 0.29) is 5.82 Å². The number of nitrogen functional groups attached to an aromatic ring is 1. The van der Waals surface area contributed by atoms with Gasteiger partial charge in [0.2, 0.25) is 0 Å². The molecule has 1 heterocycles. The third-order valence-electron chi connectivity index (χ3n) is 2.38. The lowest BCUT2D eigenvalue weighted by Gasteiger charge is -2.06. The number of rotatable bonds is 3. The van der Waals surface area contributed by atoms with Crippen molar-refractivity contribution in [3.63, 3.8) is 0 Å². The van der Waals surface area contributed by atoms with Gasteiger partial charge in [0, 0.05) is 16.8 Å². The summed E-state index contributed by atoms with van der Waals surface area (Å²) < 4.78 is 13.1. The van der Waals surface area contributed by atoms with E-state index in [2.05, 4.69) is 11.1 Å². The Hall–Kier alpha value is -2.06. The number of benzene rings is 1. The van der Waals surface area contributed by atoms with Crippen LogP contribution < -0.4 is 5.73 Å². The number of nitriles is 1. The van der Waals surface area contributed by atoms with E-state index in [4.69, 9.17) is 11.0 Å². The quantitative estimate of drug-likeness (QED) is 0.861. The van der Waals surface area contributed by atoms with Crippen LogP contribution in [-0.4, -0.2) is 4.98 Å². The van der Waals surface area contributed by atoms with Crippen LogP contribution in [0.1, 0.15) is 11.1 Å². The van der Waals surface area contributed by atoms with Crippen molar-refractivity contribution >= 4 is 17.4 Å². The van der Waals surface area contributed by atoms with E-state index in [1.54, 1.807) is 18.5 Å². The van der Waals surface area contributed by atoms with Crippen molar-refractivity contribution in [1.29, 1.82) is 5.26 Å². The smallest absolute Gasteiger partial charge is 0.123 e. The molecule has 0 saturated carbocycles. The van der Waals surface area contributed by atoms with Crippen LogP contribution in [0, 0.1) is 17.1 Å². The Morgan fingerprint density at radius 2 is 2.22 bits per heavy atom. The number of anilines is 1. The Balaban J connectivity index is 2.18. The summed E-state index contributed by atoms with van der Waals surface area (Å²) in [5.41, 5.74) is 7.49. The summed E-state index contributed by atoms with van der Waals surface area (Å²) in [5.74, 6) is 0.154. The fraction of sp³-hybridized carbons (Fsp3) is 0.0769. The van der Waals surface area contributed by atoms with Gasteiger partial charge in [0.15, 0.2) is 0 Å². The highest BCUT2D eigenvalue weighted by Gasteiger charge is 2.06. The summed E-state index contributed by atoms with van der Waals surface area (Å²) in [6, 6.07) is 8.00. The van der Waals surface area contributed by atoms with Gasteiger partial charge in [-0.25, -0.2) is 4.39 Å². The zero-order chi connectivity index (χ0) is 13.0. The first kappa shape index (κ1) is 12.4. The highest BCUT2D eigenvalue weighted by molar-refractivity contribution is 7.98. The van der Waals surface area contributed by atoms with Crippen LogP contribution in [0.2, 0.25) is 0 Å². The summed E-state index contributed by atoms with van der Waals surface area (Å²) in [4.78, 5) is 4.77. The molecule has 0 aliphatic heterocycles. The molecule has 0 amide bonds. The summed E-state index contributed by atoms with van der Waals surface area (Å²) in [7, 11) is 0. The molecule has 1 aromatic carbocycles. The number of pyridine rings is 1. The molecule has 2 rings (SSSR count). The highest BCUT2D eigenvalue weighted by Crippen LogP contribution is 2.28. The number of hydrogen-bond donors (Lipinski definition) is 1. The van der Waals surface area contributed by atoms with Crippen molar-refractivity contribution in [3.05, 3.63) is 53.6 Å². The Labute approximate surface area is 108 Å². The molecule has 18 heavy (non-hydrogen) atoms. The number of hydrogen-bond acceptors (Lipinski definition) is 4. The molecule has 0 atom stereocenters. The molecular formula is C13H10FN3S. The fourth-order valence-corrected chi connectivity index (χ4v) is 2.40. The molecule has 2 N–H and O–H groups in total. The van der Waals surface area contributed by atoms with Crippen molar-refractivity contribution in [2.75, 3.05) is 5.73 Å². The Morgan fingerprint density at radius 3 is 2.94 bits per heavy atom. The lowest BCUT2D eigenvalue weighted by atomic mass is 10.1. The maximum Gasteiger partial charge on any atom is 0.123 e. The fourth-order valence-electron chi connectivity index (χ4n) is 1.47. The molecule has 5 heteroatoms. The van der Waals surface area contributed by atoms with Crippen LogP contribution in [0.5, 0.6) is 0 Å². The SMILES string of the molecule is N#Cc1ccc(F)cc1CSc1ccncc1N. The van der Waals surface area contributed by atoms with Gasteiger partial charge in [-0.05, 0) is 29.8 Å². The predicted octanol–water partition coefficient (Wildman–Crippen LogP) is 2.97. The average molecular weight is 259 g/mol. The monoisotopic (exact) mass is 259 g/mol. The van der Waals surface area contributed by atoms with E-state index < -0.39 is 0 Å². The largest absolute Gasteiger partial charge is 0.397 e. The molecule has 2 aromatic rings. The first-order valence-corrected chi connectivity index (χ1v) is 6.20. The molecule has 0 radical (unpaired) electrons. The molecule has 0 spiro atoms. The molecular weight excluding hydrogens is 249 g/mol. The lowest BCUT2D eigenvalue weighted by molar-refractivity contribution is 0.626. The molecule has 0 unspecified atom stereocenters. The molecule has 3 nitrogen and oxygen atoms in total. The molecule has 0 saturated heterocycles. The van der Waals surface area contributed by atoms with Crippen LogP contribution in [0.3, 0.4) is 0 Å². The van der Waals surface area contributed by atoms with E-state index >= 15 is 0 Å². The van der Waals surface area contributed by atoms with E-state index in [0.717, 1.165) is 4.90 Å². The summed E-state index contributed by atoms with van der Waals surface area (Å²) in [5, 5.41) is 8.94. The van der Waals surface area contributed by atoms with Crippen LogP contribution in [-0.2, 0) is 5.75 Å². The topological polar surface area (TPSA) is 62.7 Å². The summed E-state index contributed by atoms with van der Waals surface area (Å²) >= 11 is 1.46. The second-order valence-electron chi connectivity index (χ2n) is 3.62. The zero-order valence-electron chi connectivity index (χ0n) is 9.43. The van der Waals surface area contributed by atoms with E-state index in [1.165, 1.54) is 30.0 Å². The maximum absolute atomic E-state index is 13.1. The lowest BCUT2D eigenvalue weighted by Crippen LogP contribution is -1.92. The van der Waals surface area contributed by atoms with Crippen LogP contribution in [0.15, 0.2) is 41.6 Å². The molecule has 0 bridgehead atoms. The van der Waals surface area contributed by atoms with Gasteiger partial charge >= 0.3 is 0 Å². The van der Waals surface area contributed by atoms with Gasteiger partial charge in [0.05, 0.1) is 23.5 Å². The standard InChI is InChI=1S/C13H10FN3S/c14-11-2-1-9(6-15)10(5-11)8-18-13-3-4-17-7-12(13)16/h1-5,7H,8,16H2. The minimum absolute atomic E-state index is 0.340. The van der Waals surface area contributed by atoms with Crippen molar-refractivity contribution < 1.29 is 4.39 Å². The van der Waals surface area contributed by atoms with Crippen LogP contribution in [0.4, 0.5) is 10.1 Å². The van der Waals surface area contributed by atoms with Gasteiger partial charge in [-0.15, -0.1) is 11.8 Å². The van der Waals surface area contributed by atoms with Gasteiger partial charge in [-0.2, -0.15) is 5.26 Å². The minimum atomic E-state index is -0.340. The third-order valence-corrected chi connectivity index (χ3v) is 3.52. The highest BCUT2D eigenvalue weighted by atomic mass is 32.2. The summed E-state index contributed by atoms with van der Waals surface area (Å²) in [6.07, 6.45) is 3.22. The third kappa shape index (κ3) is 2.79. The number of halogens is 1. The number of nitrogens with two attached hydrogens (primary N) is 1. The van der Waals surface area contributed by atoms with Gasteiger partial charge in [-0.3, -0.25) is 4.98 Å². The zero-order valence-corrected chi connectivity index (χ0v) is 10.2. The molecule has 0 aliphatic rings. The predicted molar refractivity (Wildman–Crippen MR) is 69.3 cm³/mol. The van der Waals surface area contributed by atoms with Crippen LogP contribution >= 0.6 is 11.8 Å². The van der Waals surface area contributed by atoms with Gasteiger partial charge < -0.3 is 5.73 Å². The van der Waals surface area contributed by atoms with Crippen molar-refractivity contribution in [3.8, 4) is 6.07 Å². The normalized spacial score (nSPS) is 10.0. The second kappa shape index (κ2) is 5.52. The van der Waals surface area contributed by atoms with E-state index in [0.29, 0.717) is 22.6 Å². The molecule has 0 fully saturated rings. The molecule has 1 aromatic heterocycles. The van der Waals surface area contributed by atoms with Gasteiger partial charge in [0.1, 0.15) is 5.82 Å². The average Bonchev–Trinajstić information content (AvgIpc) is 2.38. The van der Waals surface area contributed by atoms with Gasteiger partial charge in [0.25, 0.3) is 0 Å². The Morgan fingerprint density at radius 1 is 1.39 bits per heavy atom. The first-order chi connectivity index (χ1) is 8.70. The van der Waals surface area contributed by atoms with Crippen molar-refractivity contribution in [1.82, 2.24) is 4.98 Å². The van der Waals surface area contributed by atoms with Gasteiger partial charge in [-0.1, -0.05) is 0 Å². The van der Waals surface area contributed by atoms with Crippen molar-refractivity contribution in [2.24, 2.45) is 0 Å². The molecule has 0 aliphatic carbocycles. The van der Waals surface area contributed by atoms with Crippen molar-refractivity contribution in [2.45, 2.75) is 10.6 Å². The Bertz CT molecular complexity index is 607.